The smallest absolute Gasteiger partial charge is 0.262 e. The Morgan fingerprint density at radius 3 is 2.41 bits per heavy atom. The summed E-state index contributed by atoms with van der Waals surface area (Å²) in [5.74, 6) is -0.839. The fraction of sp³-hybridized carbons (Fsp3) is 0.269. The van der Waals surface area contributed by atoms with Gasteiger partial charge in [-0.15, -0.1) is 0 Å². The molecule has 0 spiro atoms. The zero-order valence-corrected chi connectivity index (χ0v) is 18.7. The van der Waals surface area contributed by atoms with E-state index in [9.17, 15) is 9.18 Å². The van der Waals surface area contributed by atoms with E-state index in [1.807, 2.05) is 0 Å². The number of hydrogen-bond donors (Lipinski definition) is 4. The average molecular weight is 438 g/mol. The molecule has 0 aliphatic carbocycles. The van der Waals surface area contributed by atoms with E-state index in [1.54, 1.807) is 13.0 Å². The van der Waals surface area contributed by atoms with Gasteiger partial charge in [0, 0.05) is 12.2 Å². The summed E-state index contributed by atoms with van der Waals surface area (Å²) in [6, 6.07) is 23.7. The molecule has 3 aromatic carbocycles. The molecule has 0 saturated carbocycles. The van der Waals surface area contributed by atoms with Crippen molar-refractivity contribution in [1.29, 1.82) is 0 Å². The molecule has 4 N–H and O–H groups in total. The summed E-state index contributed by atoms with van der Waals surface area (Å²) in [6.07, 6.45) is 2.50. The third-order valence-electron chi connectivity index (χ3n) is 4.81. The Hall–Kier alpha value is -3.22. The van der Waals surface area contributed by atoms with E-state index in [0.717, 1.165) is 13.1 Å². The normalized spacial score (nSPS) is 10.1. The molecule has 0 atom stereocenters. The highest BCUT2D eigenvalue weighted by Gasteiger charge is 2.01. The lowest BCUT2D eigenvalue weighted by Gasteiger charge is -2.07. The molecule has 0 saturated heterocycles. The van der Waals surface area contributed by atoms with Crippen LogP contribution in [0.1, 0.15) is 30.9 Å². The highest BCUT2D eigenvalue weighted by molar-refractivity contribution is 5.79. The van der Waals surface area contributed by atoms with Gasteiger partial charge in [-0.3, -0.25) is 10.0 Å². The van der Waals surface area contributed by atoms with Crippen molar-refractivity contribution in [2.75, 3.05) is 18.4 Å². The largest absolute Gasteiger partial charge is 0.376 e. The van der Waals surface area contributed by atoms with Gasteiger partial charge in [-0.05, 0) is 66.4 Å². The first-order chi connectivity index (χ1) is 15.5. The highest BCUT2D eigenvalue weighted by Crippen LogP contribution is 2.19. The third kappa shape index (κ3) is 8.88. The second-order valence-electron chi connectivity index (χ2n) is 7.45. The van der Waals surface area contributed by atoms with Gasteiger partial charge in [0.25, 0.3) is 5.91 Å². The van der Waals surface area contributed by atoms with Crippen LogP contribution in [0.2, 0.25) is 0 Å². The number of unbranched alkanes of at least 4 members (excludes halogenated alkanes) is 1. The van der Waals surface area contributed by atoms with E-state index >= 15 is 0 Å². The molecule has 0 fully saturated rings. The number of hydroxylamine groups is 1. The number of nitrogens with one attached hydrogen (secondary N) is 3. The summed E-state index contributed by atoms with van der Waals surface area (Å²) < 4.78 is 12.8. The van der Waals surface area contributed by atoms with E-state index < -0.39 is 5.91 Å². The van der Waals surface area contributed by atoms with Crippen LogP contribution >= 0.6 is 0 Å². The zero-order valence-electron chi connectivity index (χ0n) is 18.7. The van der Waals surface area contributed by atoms with E-state index in [-0.39, 0.29) is 12.4 Å². The molecule has 6 heteroatoms. The number of anilines is 1. The minimum absolute atomic E-state index is 0.0540. The molecular weight excluding hydrogens is 405 g/mol. The Bertz CT molecular complexity index is 964. The Morgan fingerprint density at radius 1 is 0.969 bits per heavy atom. The van der Waals surface area contributed by atoms with Gasteiger partial charge in [-0.2, -0.15) is 0 Å². The molecule has 0 heterocycles. The van der Waals surface area contributed by atoms with Crippen molar-refractivity contribution in [3.63, 3.8) is 0 Å². The summed E-state index contributed by atoms with van der Waals surface area (Å²) in [5.41, 5.74) is 6.55. The molecule has 0 aliphatic rings. The SMILES string of the molecule is CCCCNCc1cccc(-c2ccccc2)c1.Cc1cc(NCC(=O)NO)ccc1F. The maximum atomic E-state index is 12.8. The molecule has 3 aromatic rings. The van der Waals surface area contributed by atoms with Crippen LogP contribution in [0.15, 0.2) is 72.8 Å². The number of hydrogen-bond acceptors (Lipinski definition) is 4. The zero-order chi connectivity index (χ0) is 23.2. The number of amides is 1. The van der Waals surface area contributed by atoms with Crippen LogP contribution < -0.4 is 16.1 Å². The number of carbonyl (C=O) groups excluding carboxylic acids is 1. The lowest BCUT2D eigenvalue weighted by Crippen LogP contribution is -2.26. The van der Waals surface area contributed by atoms with Crippen molar-refractivity contribution in [3.8, 4) is 11.1 Å². The van der Waals surface area contributed by atoms with Gasteiger partial charge in [-0.1, -0.05) is 61.9 Å². The van der Waals surface area contributed by atoms with E-state index in [4.69, 9.17) is 5.21 Å². The molecule has 0 unspecified atom stereocenters. The molecule has 5 nitrogen and oxygen atoms in total. The minimum atomic E-state index is -0.549. The Kier molecular flexibility index (Phi) is 10.9. The van der Waals surface area contributed by atoms with E-state index in [1.165, 1.54) is 47.1 Å². The van der Waals surface area contributed by atoms with Gasteiger partial charge < -0.3 is 10.6 Å². The summed E-state index contributed by atoms with van der Waals surface area (Å²) in [6.45, 7) is 5.86. The van der Waals surface area contributed by atoms with Gasteiger partial charge in [0.1, 0.15) is 5.82 Å². The maximum absolute atomic E-state index is 12.8. The van der Waals surface area contributed by atoms with Crippen molar-refractivity contribution in [1.82, 2.24) is 10.8 Å². The number of rotatable bonds is 9. The second-order valence-corrected chi connectivity index (χ2v) is 7.45. The molecule has 170 valence electrons. The molecular formula is C26H32FN3O2. The fourth-order valence-corrected chi connectivity index (χ4v) is 3.00. The van der Waals surface area contributed by atoms with Crippen LogP contribution in [0.3, 0.4) is 0 Å². The lowest BCUT2D eigenvalue weighted by molar-refractivity contribution is -0.127. The highest BCUT2D eigenvalue weighted by atomic mass is 19.1. The molecule has 3 rings (SSSR count). The predicted octanol–water partition coefficient (Wildman–Crippen LogP) is 5.29. The lowest BCUT2D eigenvalue weighted by atomic mass is 10.0. The quantitative estimate of drug-likeness (QED) is 0.208. The van der Waals surface area contributed by atoms with Crippen molar-refractivity contribution in [2.45, 2.75) is 33.2 Å². The number of benzene rings is 3. The fourth-order valence-electron chi connectivity index (χ4n) is 3.00. The first kappa shape index (κ1) is 25.0. The van der Waals surface area contributed by atoms with Gasteiger partial charge in [0.15, 0.2) is 0 Å². The summed E-state index contributed by atoms with van der Waals surface area (Å²) in [4.78, 5) is 10.6. The Labute approximate surface area is 189 Å². The monoisotopic (exact) mass is 437 g/mol. The molecule has 0 radical (unpaired) electrons. The van der Waals surface area contributed by atoms with E-state index in [0.29, 0.717) is 11.3 Å². The van der Waals surface area contributed by atoms with Gasteiger partial charge in [0.2, 0.25) is 0 Å². The summed E-state index contributed by atoms with van der Waals surface area (Å²) >= 11 is 0. The number of halogens is 1. The average Bonchev–Trinajstić information content (AvgIpc) is 2.83. The van der Waals surface area contributed by atoms with E-state index in [2.05, 4.69) is 72.2 Å². The molecule has 0 aliphatic heterocycles. The van der Waals surface area contributed by atoms with Crippen molar-refractivity contribution >= 4 is 11.6 Å². The molecule has 0 bridgehead atoms. The Morgan fingerprint density at radius 2 is 1.72 bits per heavy atom. The maximum Gasteiger partial charge on any atom is 0.262 e. The van der Waals surface area contributed by atoms with Gasteiger partial charge in [0.05, 0.1) is 6.54 Å². The molecule has 1 amide bonds. The second kappa shape index (κ2) is 14.0. The number of carbonyl (C=O) groups is 1. The topological polar surface area (TPSA) is 73.4 Å². The number of aryl methyl sites for hydroxylation is 1. The van der Waals surface area contributed by atoms with Crippen LogP contribution in [0.5, 0.6) is 0 Å². The first-order valence-electron chi connectivity index (χ1n) is 10.8. The predicted molar refractivity (Wildman–Crippen MR) is 128 cm³/mol. The van der Waals surface area contributed by atoms with Gasteiger partial charge in [-0.25, -0.2) is 9.87 Å². The van der Waals surface area contributed by atoms with Crippen molar-refractivity contribution in [2.24, 2.45) is 0 Å². The molecule has 32 heavy (non-hydrogen) atoms. The van der Waals surface area contributed by atoms with Gasteiger partial charge >= 0.3 is 0 Å². The van der Waals surface area contributed by atoms with Crippen LogP contribution in [-0.4, -0.2) is 24.2 Å². The van der Waals surface area contributed by atoms with Crippen LogP contribution in [0.4, 0.5) is 10.1 Å². The van der Waals surface area contributed by atoms with Crippen molar-refractivity contribution in [3.05, 3.63) is 89.7 Å². The third-order valence-corrected chi connectivity index (χ3v) is 4.81. The minimum Gasteiger partial charge on any atom is -0.376 e. The standard InChI is InChI=1S/C17H21N.C9H11FN2O2/c1-2-3-12-18-14-15-8-7-11-17(13-15)16-9-5-4-6-10-16;1-6-4-7(2-3-8(6)10)11-5-9(13)12-14/h4-11,13,18H,2-3,12,14H2,1H3;2-4,11,14H,5H2,1H3,(H,12,13). The van der Waals surface area contributed by atoms with Crippen LogP contribution in [-0.2, 0) is 11.3 Å². The first-order valence-corrected chi connectivity index (χ1v) is 10.8. The van der Waals surface area contributed by atoms with Crippen LogP contribution in [0.25, 0.3) is 11.1 Å². The van der Waals surface area contributed by atoms with Crippen molar-refractivity contribution < 1.29 is 14.4 Å². The molecule has 0 aromatic heterocycles. The van der Waals surface area contributed by atoms with Crippen LogP contribution in [0, 0.1) is 12.7 Å². The Balaban J connectivity index is 0.000000235. The summed E-state index contributed by atoms with van der Waals surface area (Å²) in [7, 11) is 0. The summed E-state index contributed by atoms with van der Waals surface area (Å²) in [5, 5.41) is 14.4.